The van der Waals surface area contributed by atoms with Crippen molar-refractivity contribution >= 4 is 0 Å². The normalized spacial score (nSPS) is 25.1. The average Bonchev–Trinajstić information content (AvgIpc) is 3.40. The van der Waals surface area contributed by atoms with Crippen molar-refractivity contribution in [3.8, 4) is 11.4 Å². The molecule has 2 aliphatic rings. The summed E-state index contributed by atoms with van der Waals surface area (Å²) in [6.07, 6.45) is 0.382. The van der Waals surface area contributed by atoms with Gasteiger partial charge in [-0.25, -0.2) is 19.0 Å². The first kappa shape index (κ1) is 23.1. The lowest BCUT2D eigenvalue weighted by Crippen LogP contribution is -2.46. The molecule has 0 bridgehead atoms. The molecule has 1 saturated carbocycles. The topological polar surface area (TPSA) is 56.1 Å². The third-order valence-electron chi connectivity index (χ3n) is 6.43. The van der Waals surface area contributed by atoms with Crippen molar-refractivity contribution in [3.05, 3.63) is 29.6 Å². The Kier molecular flexibility index (Phi) is 6.53. The Labute approximate surface area is 185 Å². The zero-order valence-electron chi connectivity index (χ0n) is 18.6. The number of pyridine rings is 1. The molecule has 2 aromatic rings. The maximum absolute atomic E-state index is 14.1. The summed E-state index contributed by atoms with van der Waals surface area (Å²) in [7, 11) is 0. The van der Waals surface area contributed by atoms with E-state index in [0.29, 0.717) is 6.04 Å². The molecule has 0 amide bonds. The summed E-state index contributed by atoms with van der Waals surface area (Å²) in [5.74, 6) is -0.220. The molecule has 3 atom stereocenters. The van der Waals surface area contributed by atoms with Gasteiger partial charge in [0.1, 0.15) is 5.82 Å². The van der Waals surface area contributed by atoms with Gasteiger partial charge >= 0.3 is 6.18 Å². The van der Waals surface area contributed by atoms with E-state index < -0.39 is 17.7 Å². The van der Waals surface area contributed by atoms with Gasteiger partial charge in [-0.2, -0.15) is 18.3 Å². The van der Waals surface area contributed by atoms with E-state index in [4.69, 9.17) is 4.74 Å². The van der Waals surface area contributed by atoms with Crippen LogP contribution >= 0.6 is 0 Å². The van der Waals surface area contributed by atoms with Crippen LogP contribution in [0.1, 0.15) is 69.9 Å². The van der Waals surface area contributed by atoms with Crippen LogP contribution in [0.4, 0.5) is 17.6 Å². The van der Waals surface area contributed by atoms with Gasteiger partial charge < -0.3 is 4.74 Å². The van der Waals surface area contributed by atoms with E-state index in [-0.39, 0.29) is 29.5 Å². The number of aromatic nitrogens is 4. The highest BCUT2D eigenvalue weighted by Crippen LogP contribution is 2.38. The first-order valence-electron chi connectivity index (χ1n) is 11.2. The largest absolute Gasteiger partial charge is 0.436 e. The third kappa shape index (κ3) is 4.66. The molecule has 10 heteroatoms. The fourth-order valence-corrected chi connectivity index (χ4v) is 4.73. The molecule has 176 valence electrons. The summed E-state index contributed by atoms with van der Waals surface area (Å²) < 4.78 is 60.2. The van der Waals surface area contributed by atoms with Crippen molar-refractivity contribution in [3.63, 3.8) is 0 Å². The number of nitrogens with zero attached hydrogens (tertiary/aromatic N) is 5. The summed E-state index contributed by atoms with van der Waals surface area (Å²) in [5, 5.41) is 4.50. The van der Waals surface area contributed by atoms with Crippen LogP contribution in [0.3, 0.4) is 0 Å². The van der Waals surface area contributed by atoms with Gasteiger partial charge in [-0.1, -0.05) is 6.92 Å². The van der Waals surface area contributed by atoms with Gasteiger partial charge in [-0.3, -0.25) is 4.90 Å². The van der Waals surface area contributed by atoms with E-state index in [9.17, 15) is 17.6 Å². The number of rotatable bonds is 5. The molecule has 0 N–H and O–H groups in total. The molecule has 0 unspecified atom stereocenters. The van der Waals surface area contributed by atoms with Crippen LogP contribution < -0.4 is 0 Å². The smallest absolute Gasteiger partial charge is 0.376 e. The van der Waals surface area contributed by atoms with Crippen molar-refractivity contribution in [2.75, 3.05) is 19.7 Å². The van der Waals surface area contributed by atoms with Gasteiger partial charge in [-0.05, 0) is 45.6 Å². The maximum atomic E-state index is 14.1. The molecule has 1 aliphatic carbocycles. The lowest BCUT2D eigenvalue weighted by Gasteiger charge is -2.36. The monoisotopic (exact) mass is 455 g/mol. The first-order chi connectivity index (χ1) is 15.2. The van der Waals surface area contributed by atoms with Crippen molar-refractivity contribution < 1.29 is 22.3 Å². The minimum atomic E-state index is -4.84. The average molecular weight is 456 g/mol. The molecule has 1 saturated heterocycles. The molecular weight excluding hydrogens is 426 g/mol. The number of ether oxygens (including phenoxy) is 1. The zero-order chi connectivity index (χ0) is 23.0. The van der Waals surface area contributed by atoms with Crippen LogP contribution in [0, 0.1) is 5.82 Å². The Hall–Kier alpha value is -2.07. The van der Waals surface area contributed by atoms with Gasteiger partial charge in [-0.15, -0.1) is 0 Å². The lowest BCUT2D eigenvalue weighted by molar-refractivity contribution is -0.143. The second-order valence-electron chi connectivity index (χ2n) is 8.94. The van der Waals surface area contributed by atoms with Crippen LogP contribution in [0.5, 0.6) is 0 Å². The van der Waals surface area contributed by atoms with Gasteiger partial charge in [0.2, 0.25) is 0 Å². The summed E-state index contributed by atoms with van der Waals surface area (Å²) in [4.78, 5) is 10.4. The fourth-order valence-electron chi connectivity index (χ4n) is 4.73. The molecule has 6 nitrogen and oxygen atoms in total. The van der Waals surface area contributed by atoms with Crippen molar-refractivity contribution in [1.82, 2.24) is 24.6 Å². The Balaban J connectivity index is 1.56. The number of halogens is 4. The Morgan fingerprint density at radius 1 is 1.25 bits per heavy atom. The molecule has 1 aliphatic heterocycles. The molecule has 2 aromatic heterocycles. The SMILES string of the molecule is CC[C@@H]1CN([C@@H]2CC[C@H](c3nc(-c4cnc(C(F)(F)F)c(F)c4)nn3C(C)C)C2)CCO1. The van der Waals surface area contributed by atoms with Crippen LogP contribution in [-0.4, -0.2) is 56.5 Å². The molecule has 32 heavy (non-hydrogen) atoms. The predicted molar refractivity (Wildman–Crippen MR) is 111 cm³/mol. The number of alkyl halides is 3. The standard InChI is InChI=1S/C22H29F4N5O/c1-4-17-12-30(7-8-32-17)16-6-5-14(9-16)21-28-20(29-31(21)13(2)3)15-10-18(23)19(27-11-15)22(24,25)26/h10-11,13-14,16-17H,4-9,12H2,1-3H3/t14-,16+,17+/m0/s1. The van der Waals surface area contributed by atoms with Crippen LogP contribution in [0.25, 0.3) is 11.4 Å². The van der Waals surface area contributed by atoms with E-state index in [1.54, 1.807) is 0 Å². The summed E-state index contributed by atoms with van der Waals surface area (Å²) in [6, 6.07) is 1.28. The number of morpholine rings is 1. The maximum Gasteiger partial charge on any atom is 0.436 e. The molecular formula is C22H29F4N5O. The first-order valence-corrected chi connectivity index (χ1v) is 11.2. The molecule has 2 fully saturated rings. The van der Waals surface area contributed by atoms with Crippen LogP contribution in [0.2, 0.25) is 0 Å². The van der Waals surface area contributed by atoms with E-state index in [1.165, 1.54) is 0 Å². The van der Waals surface area contributed by atoms with Gasteiger partial charge in [0.25, 0.3) is 0 Å². The quantitative estimate of drug-likeness (QED) is 0.605. The van der Waals surface area contributed by atoms with Crippen molar-refractivity contribution in [2.24, 2.45) is 0 Å². The Morgan fingerprint density at radius 3 is 2.69 bits per heavy atom. The van der Waals surface area contributed by atoms with Crippen molar-refractivity contribution in [1.29, 1.82) is 0 Å². The summed E-state index contributed by atoms with van der Waals surface area (Å²) >= 11 is 0. The molecule has 0 radical (unpaired) electrons. The molecule has 0 aromatic carbocycles. The molecule has 4 rings (SSSR count). The fraction of sp³-hybridized carbons (Fsp3) is 0.682. The Morgan fingerprint density at radius 2 is 2.03 bits per heavy atom. The number of hydrogen-bond donors (Lipinski definition) is 0. The number of hydrogen-bond acceptors (Lipinski definition) is 5. The second kappa shape index (κ2) is 9.05. The highest BCUT2D eigenvalue weighted by atomic mass is 19.4. The van der Waals surface area contributed by atoms with Gasteiger partial charge in [0.05, 0.1) is 12.7 Å². The summed E-state index contributed by atoms with van der Waals surface area (Å²) in [5.41, 5.74) is -1.39. The second-order valence-corrected chi connectivity index (χ2v) is 8.94. The minimum absolute atomic E-state index is 0.0189. The lowest BCUT2D eigenvalue weighted by atomic mass is 10.1. The molecule has 3 heterocycles. The zero-order valence-corrected chi connectivity index (χ0v) is 18.6. The predicted octanol–water partition coefficient (Wildman–Crippen LogP) is 4.83. The highest BCUT2D eigenvalue weighted by Gasteiger charge is 2.37. The highest BCUT2D eigenvalue weighted by molar-refractivity contribution is 5.53. The molecule has 0 spiro atoms. The summed E-state index contributed by atoms with van der Waals surface area (Å²) in [6.45, 7) is 8.70. The van der Waals surface area contributed by atoms with Crippen LogP contribution in [0.15, 0.2) is 12.3 Å². The minimum Gasteiger partial charge on any atom is -0.376 e. The van der Waals surface area contributed by atoms with Gasteiger partial charge in [0.15, 0.2) is 17.3 Å². The van der Waals surface area contributed by atoms with Crippen molar-refractivity contribution in [2.45, 2.75) is 76.7 Å². The van der Waals surface area contributed by atoms with E-state index in [2.05, 4.69) is 26.9 Å². The van der Waals surface area contributed by atoms with E-state index in [0.717, 1.165) is 63.5 Å². The Bertz CT molecular complexity index is 945. The van der Waals surface area contributed by atoms with E-state index in [1.807, 2.05) is 18.5 Å². The van der Waals surface area contributed by atoms with E-state index >= 15 is 0 Å². The van der Waals surface area contributed by atoms with Crippen LogP contribution in [-0.2, 0) is 10.9 Å². The third-order valence-corrected chi connectivity index (χ3v) is 6.43. The van der Waals surface area contributed by atoms with Gasteiger partial charge in [0, 0.05) is 42.9 Å².